The largest absolute Gasteiger partial charge is 0.396 e. The third-order valence-corrected chi connectivity index (χ3v) is 3.42. The first kappa shape index (κ1) is 11.2. The number of rotatable bonds is 3. The molecule has 1 aliphatic carbocycles. The van der Waals surface area contributed by atoms with Crippen LogP contribution in [0.25, 0.3) is 0 Å². The van der Waals surface area contributed by atoms with E-state index in [1.54, 1.807) is 0 Å². The molecule has 1 fully saturated rings. The topological polar surface area (TPSA) is 50.9 Å². The summed E-state index contributed by atoms with van der Waals surface area (Å²) in [5.41, 5.74) is 7.77. The molecule has 0 saturated heterocycles. The highest BCUT2D eigenvalue weighted by Crippen LogP contribution is 2.30. The van der Waals surface area contributed by atoms with E-state index in [1.807, 2.05) is 19.2 Å². The number of hydrogen-bond acceptors (Lipinski definition) is 3. The summed E-state index contributed by atoms with van der Waals surface area (Å²) in [4.78, 5) is 4.32. The number of pyridine rings is 1. The van der Waals surface area contributed by atoms with Crippen LogP contribution in [0.4, 0.5) is 11.5 Å². The lowest BCUT2D eigenvalue weighted by atomic mass is 10.1. The molecule has 1 aliphatic rings. The second kappa shape index (κ2) is 4.73. The zero-order valence-electron chi connectivity index (χ0n) is 10.2. The maximum absolute atomic E-state index is 5.91. The first-order chi connectivity index (χ1) is 7.65. The third kappa shape index (κ3) is 2.65. The molecule has 0 spiro atoms. The van der Waals surface area contributed by atoms with Crippen molar-refractivity contribution in [3.05, 3.63) is 17.8 Å². The molecule has 0 radical (unpaired) electrons. The average molecular weight is 219 g/mol. The molecule has 2 rings (SSSR count). The minimum atomic E-state index is 0.756. The average Bonchev–Trinajstić information content (AvgIpc) is 2.63. The van der Waals surface area contributed by atoms with Gasteiger partial charge < -0.3 is 11.1 Å². The normalized spacial score (nSPS) is 24.6. The van der Waals surface area contributed by atoms with Crippen molar-refractivity contribution in [3.63, 3.8) is 0 Å². The minimum absolute atomic E-state index is 0.756. The Kier molecular flexibility index (Phi) is 3.32. The summed E-state index contributed by atoms with van der Waals surface area (Å²) in [5.74, 6) is 2.51. The molecule has 2 unspecified atom stereocenters. The van der Waals surface area contributed by atoms with E-state index in [0.717, 1.165) is 35.4 Å². The maximum Gasteiger partial charge on any atom is 0.149 e. The smallest absolute Gasteiger partial charge is 0.149 e. The SMILES string of the molecule is Cc1cnc(NCC2CCC(C)C2)c(N)c1. The molecule has 0 bridgehead atoms. The lowest BCUT2D eigenvalue weighted by molar-refractivity contribution is 0.536. The Morgan fingerprint density at radius 2 is 2.31 bits per heavy atom. The van der Waals surface area contributed by atoms with Gasteiger partial charge in [0.05, 0.1) is 5.69 Å². The van der Waals surface area contributed by atoms with Gasteiger partial charge in [0, 0.05) is 12.7 Å². The van der Waals surface area contributed by atoms with Crippen molar-refractivity contribution in [2.75, 3.05) is 17.6 Å². The molecule has 0 aromatic carbocycles. The number of nitrogens with one attached hydrogen (secondary N) is 1. The number of hydrogen-bond donors (Lipinski definition) is 2. The van der Waals surface area contributed by atoms with E-state index >= 15 is 0 Å². The van der Waals surface area contributed by atoms with Gasteiger partial charge in [0.15, 0.2) is 0 Å². The predicted octanol–water partition coefficient (Wildman–Crippen LogP) is 2.82. The summed E-state index contributed by atoms with van der Waals surface area (Å²) in [5, 5.41) is 3.37. The van der Waals surface area contributed by atoms with Gasteiger partial charge in [-0.15, -0.1) is 0 Å². The number of aromatic nitrogens is 1. The lowest BCUT2D eigenvalue weighted by Gasteiger charge is -2.13. The van der Waals surface area contributed by atoms with Crippen LogP contribution in [0.15, 0.2) is 12.3 Å². The van der Waals surface area contributed by atoms with Crippen LogP contribution in [-0.4, -0.2) is 11.5 Å². The number of nitrogen functional groups attached to an aromatic ring is 1. The van der Waals surface area contributed by atoms with Crippen molar-refractivity contribution in [1.29, 1.82) is 0 Å². The van der Waals surface area contributed by atoms with Gasteiger partial charge in [-0.05, 0) is 43.2 Å². The van der Waals surface area contributed by atoms with E-state index < -0.39 is 0 Å². The fourth-order valence-corrected chi connectivity index (χ4v) is 2.49. The van der Waals surface area contributed by atoms with E-state index in [2.05, 4.69) is 17.2 Å². The predicted molar refractivity (Wildman–Crippen MR) is 68.4 cm³/mol. The molecule has 3 nitrogen and oxygen atoms in total. The fraction of sp³-hybridized carbons (Fsp3) is 0.615. The summed E-state index contributed by atoms with van der Waals surface area (Å²) in [6, 6.07) is 1.96. The summed E-state index contributed by atoms with van der Waals surface area (Å²) in [6.45, 7) is 5.34. The Labute approximate surface area is 97.5 Å². The van der Waals surface area contributed by atoms with Crippen LogP contribution in [0.5, 0.6) is 0 Å². The maximum atomic E-state index is 5.91. The van der Waals surface area contributed by atoms with Gasteiger partial charge in [0.1, 0.15) is 5.82 Å². The van der Waals surface area contributed by atoms with Crippen molar-refractivity contribution in [1.82, 2.24) is 4.98 Å². The summed E-state index contributed by atoms with van der Waals surface area (Å²) in [7, 11) is 0. The van der Waals surface area contributed by atoms with Crippen LogP contribution in [0.3, 0.4) is 0 Å². The molecule has 1 heterocycles. The van der Waals surface area contributed by atoms with Crippen molar-refractivity contribution < 1.29 is 0 Å². The van der Waals surface area contributed by atoms with E-state index in [1.165, 1.54) is 19.3 Å². The number of aryl methyl sites for hydroxylation is 1. The summed E-state index contributed by atoms with van der Waals surface area (Å²) < 4.78 is 0. The van der Waals surface area contributed by atoms with Crippen molar-refractivity contribution >= 4 is 11.5 Å². The standard InChI is InChI=1S/C13H21N3/c1-9-3-4-11(5-9)8-16-13-12(14)6-10(2)7-15-13/h6-7,9,11H,3-5,8,14H2,1-2H3,(H,15,16). The van der Waals surface area contributed by atoms with Crippen LogP contribution in [-0.2, 0) is 0 Å². The van der Waals surface area contributed by atoms with Crippen LogP contribution in [0.2, 0.25) is 0 Å². The fourth-order valence-electron chi connectivity index (χ4n) is 2.49. The van der Waals surface area contributed by atoms with Crippen LogP contribution >= 0.6 is 0 Å². The van der Waals surface area contributed by atoms with Crippen molar-refractivity contribution in [3.8, 4) is 0 Å². The van der Waals surface area contributed by atoms with Gasteiger partial charge in [-0.3, -0.25) is 0 Å². The van der Waals surface area contributed by atoms with Crippen LogP contribution in [0.1, 0.15) is 31.7 Å². The van der Waals surface area contributed by atoms with Gasteiger partial charge in [0.2, 0.25) is 0 Å². The molecule has 0 amide bonds. The number of anilines is 2. The highest BCUT2D eigenvalue weighted by molar-refractivity contribution is 5.61. The van der Waals surface area contributed by atoms with Gasteiger partial charge >= 0.3 is 0 Å². The Morgan fingerprint density at radius 3 is 2.94 bits per heavy atom. The molecule has 16 heavy (non-hydrogen) atoms. The quantitative estimate of drug-likeness (QED) is 0.822. The molecular weight excluding hydrogens is 198 g/mol. The third-order valence-electron chi connectivity index (χ3n) is 3.42. The minimum Gasteiger partial charge on any atom is -0.396 e. The molecule has 2 atom stereocenters. The summed E-state index contributed by atoms with van der Waals surface area (Å²) >= 11 is 0. The van der Waals surface area contributed by atoms with Gasteiger partial charge in [-0.1, -0.05) is 13.3 Å². The Hall–Kier alpha value is -1.25. The first-order valence-electron chi connectivity index (χ1n) is 6.11. The second-order valence-electron chi connectivity index (χ2n) is 5.12. The Balaban J connectivity index is 1.89. The Morgan fingerprint density at radius 1 is 1.50 bits per heavy atom. The molecule has 3 N–H and O–H groups in total. The van der Waals surface area contributed by atoms with Crippen LogP contribution in [0, 0.1) is 18.8 Å². The number of nitrogens with zero attached hydrogens (tertiary/aromatic N) is 1. The highest BCUT2D eigenvalue weighted by Gasteiger charge is 2.21. The van der Waals surface area contributed by atoms with Gasteiger partial charge in [-0.25, -0.2) is 4.98 Å². The van der Waals surface area contributed by atoms with E-state index in [0.29, 0.717) is 0 Å². The second-order valence-corrected chi connectivity index (χ2v) is 5.12. The molecule has 1 aromatic rings. The molecule has 1 aromatic heterocycles. The van der Waals surface area contributed by atoms with E-state index in [9.17, 15) is 0 Å². The summed E-state index contributed by atoms with van der Waals surface area (Å²) in [6.07, 6.45) is 5.89. The zero-order valence-corrected chi connectivity index (χ0v) is 10.2. The number of nitrogens with two attached hydrogens (primary N) is 1. The highest BCUT2D eigenvalue weighted by atomic mass is 15.0. The molecule has 1 saturated carbocycles. The van der Waals surface area contributed by atoms with Crippen molar-refractivity contribution in [2.45, 2.75) is 33.1 Å². The zero-order chi connectivity index (χ0) is 11.5. The first-order valence-corrected chi connectivity index (χ1v) is 6.11. The van der Waals surface area contributed by atoms with Crippen LogP contribution < -0.4 is 11.1 Å². The molecule has 0 aliphatic heterocycles. The molecular formula is C13H21N3. The Bertz CT molecular complexity index is 362. The lowest BCUT2D eigenvalue weighted by Crippen LogP contribution is -2.13. The van der Waals surface area contributed by atoms with E-state index in [4.69, 9.17) is 5.73 Å². The molecule has 88 valence electrons. The molecule has 3 heteroatoms. The van der Waals surface area contributed by atoms with Crippen molar-refractivity contribution in [2.24, 2.45) is 11.8 Å². The monoisotopic (exact) mass is 219 g/mol. The van der Waals surface area contributed by atoms with Gasteiger partial charge in [0.25, 0.3) is 0 Å². The van der Waals surface area contributed by atoms with E-state index in [-0.39, 0.29) is 0 Å². The van der Waals surface area contributed by atoms with Gasteiger partial charge in [-0.2, -0.15) is 0 Å².